The van der Waals surface area contributed by atoms with Gasteiger partial charge in [0.25, 0.3) is 0 Å². The van der Waals surface area contributed by atoms with Crippen LogP contribution >= 0.6 is 15.9 Å². The fourth-order valence-electron chi connectivity index (χ4n) is 2.11. The molecule has 1 aromatic carbocycles. The monoisotopic (exact) mass is 314 g/mol. The summed E-state index contributed by atoms with van der Waals surface area (Å²) in [5, 5.41) is 6.28. The third-order valence-corrected chi connectivity index (χ3v) is 3.80. The maximum absolute atomic E-state index is 13.1. The maximum Gasteiger partial charge on any atom is 0.220 e. The van der Waals surface area contributed by atoms with E-state index in [1.54, 1.807) is 12.1 Å². The van der Waals surface area contributed by atoms with Crippen molar-refractivity contribution in [2.24, 2.45) is 0 Å². The molecule has 0 radical (unpaired) electrons. The van der Waals surface area contributed by atoms with Crippen LogP contribution < -0.4 is 10.6 Å². The van der Waals surface area contributed by atoms with E-state index in [-0.39, 0.29) is 23.8 Å². The largest absolute Gasteiger partial charge is 0.355 e. The second-order valence-electron chi connectivity index (χ2n) is 4.60. The Morgan fingerprint density at radius 3 is 2.94 bits per heavy atom. The van der Waals surface area contributed by atoms with Gasteiger partial charge in [-0.1, -0.05) is 6.07 Å². The summed E-state index contributed by atoms with van der Waals surface area (Å²) in [7, 11) is 0. The van der Waals surface area contributed by atoms with E-state index in [0.29, 0.717) is 17.4 Å². The van der Waals surface area contributed by atoms with E-state index in [1.165, 1.54) is 6.07 Å². The fraction of sp³-hybridized carbons (Fsp3) is 0.462. The first-order chi connectivity index (χ1) is 8.56. The van der Waals surface area contributed by atoms with Crippen LogP contribution in [0.25, 0.3) is 0 Å². The van der Waals surface area contributed by atoms with E-state index in [1.807, 2.05) is 6.92 Å². The first kappa shape index (κ1) is 13.5. The minimum atomic E-state index is -0.254. The van der Waals surface area contributed by atoms with E-state index in [2.05, 4.69) is 26.6 Å². The third kappa shape index (κ3) is 3.29. The molecule has 0 saturated carbocycles. The summed E-state index contributed by atoms with van der Waals surface area (Å²) in [6, 6.07) is 5.43. The molecule has 18 heavy (non-hydrogen) atoms. The van der Waals surface area contributed by atoms with Crippen molar-refractivity contribution in [2.45, 2.75) is 31.8 Å². The number of benzene rings is 1. The van der Waals surface area contributed by atoms with Gasteiger partial charge in [-0.25, -0.2) is 4.39 Å². The van der Waals surface area contributed by atoms with Gasteiger partial charge < -0.3 is 10.6 Å². The lowest BCUT2D eigenvalue weighted by Gasteiger charge is -2.27. The predicted molar refractivity (Wildman–Crippen MR) is 71.7 cm³/mol. The summed E-state index contributed by atoms with van der Waals surface area (Å²) in [6.07, 6.45) is 1.41. The van der Waals surface area contributed by atoms with Gasteiger partial charge >= 0.3 is 0 Å². The lowest BCUT2D eigenvalue weighted by molar-refractivity contribution is -0.122. The van der Waals surface area contributed by atoms with E-state index in [9.17, 15) is 9.18 Å². The van der Waals surface area contributed by atoms with Gasteiger partial charge in [0.05, 0.1) is 4.47 Å². The second-order valence-corrected chi connectivity index (χ2v) is 5.46. The summed E-state index contributed by atoms with van der Waals surface area (Å²) in [6.45, 7) is 2.70. The molecule has 1 fully saturated rings. The van der Waals surface area contributed by atoms with Crippen molar-refractivity contribution >= 4 is 21.8 Å². The first-order valence-electron chi connectivity index (χ1n) is 6.04. The summed E-state index contributed by atoms with van der Waals surface area (Å²) < 4.78 is 13.6. The molecule has 0 spiro atoms. The summed E-state index contributed by atoms with van der Waals surface area (Å²) >= 11 is 3.19. The predicted octanol–water partition coefficient (Wildman–Crippen LogP) is 2.52. The lowest BCUT2D eigenvalue weighted by atomic mass is 10.0. The first-order valence-corrected chi connectivity index (χ1v) is 6.83. The fourth-order valence-corrected chi connectivity index (χ4v) is 2.50. The number of piperidine rings is 1. The van der Waals surface area contributed by atoms with Crippen LogP contribution in [-0.4, -0.2) is 18.5 Å². The van der Waals surface area contributed by atoms with Crippen molar-refractivity contribution in [3.8, 4) is 0 Å². The zero-order valence-corrected chi connectivity index (χ0v) is 11.8. The molecule has 98 valence electrons. The van der Waals surface area contributed by atoms with Crippen LogP contribution in [0.3, 0.4) is 0 Å². The van der Waals surface area contributed by atoms with Gasteiger partial charge in [0.1, 0.15) is 5.82 Å². The van der Waals surface area contributed by atoms with Gasteiger partial charge in [0.15, 0.2) is 0 Å². The van der Waals surface area contributed by atoms with Crippen molar-refractivity contribution in [1.29, 1.82) is 0 Å². The molecule has 1 saturated heterocycles. The number of amides is 1. The highest BCUT2D eigenvalue weighted by Crippen LogP contribution is 2.22. The molecule has 1 aromatic rings. The van der Waals surface area contributed by atoms with E-state index in [4.69, 9.17) is 0 Å². The number of halogens is 2. The van der Waals surface area contributed by atoms with Crippen molar-refractivity contribution < 1.29 is 9.18 Å². The van der Waals surface area contributed by atoms with Gasteiger partial charge in [0.2, 0.25) is 5.91 Å². The molecular formula is C13H16BrFN2O. The molecule has 2 unspecified atom stereocenters. The van der Waals surface area contributed by atoms with Crippen LogP contribution in [0.1, 0.15) is 31.4 Å². The molecule has 1 heterocycles. The Morgan fingerprint density at radius 2 is 2.33 bits per heavy atom. The summed E-state index contributed by atoms with van der Waals surface area (Å²) in [5.41, 5.74) is 1.03. The smallest absolute Gasteiger partial charge is 0.220 e. The topological polar surface area (TPSA) is 41.1 Å². The number of carbonyl (C=O) groups is 1. The average Bonchev–Trinajstić information content (AvgIpc) is 2.35. The normalized spacial score (nSPS) is 21.5. The Morgan fingerprint density at radius 1 is 1.56 bits per heavy atom. The average molecular weight is 315 g/mol. The van der Waals surface area contributed by atoms with Gasteiger partial charge in [-0.15, -0.1) is 0 Å². The molecule has 3 nitrogen and oxygen atoms in total. The lowest BCUT2D eigenvalue weighted by Crippen LogP contribution is -2.46. The van der Waals surface area contributed by atoms with Gasteiger partial charge in [0, 0.05) is 25.0 Å². The number of nitrogens with one attached hydrogen (secondary N) is 2. The quantitative estimate of drug-likeness (QED) is 0.900. The standard InChI is InChI=1S/C13H16BrFN2O/c1-8(9-2-4-12(15)11(14)6-9)17-10-3-5-13(18)16-7-10/h2,4,6,8,10,17H,3,5,7H2,1H3,(H,16,18). The zero-order valence-electron chi connectivity index (χ0n) is 10.2. The Balaban J connectivity index is 1.96. The molecule has 5 heteroatoms. The second kappa shape index (κ2) is 5.80. The SMILES string of the molecule is CC(NC1CCC(=O)NC1)c1ccc(F)c(Br)c1. The molecule has 1 aliphatic heterocycles. The zero-order chi connectivity index (χ0) is 13.1. The summed E-state index contributed by atoms with van der Waals surface area (Å²) in [5.74, 6) is -0.138. The van der Waals surface area contributed by atoms with Gasteiger partial charge in [-0.2, -0.15) is 0 Å². The number of hydrogen-bond donors (Lipinski definition) is 2. The molecule has 2 atom stereocenters. The maximum atomic E-state index is 13.1. The highest BCUT2D eigenvalue weighted by atomic mass is 79.9. The molecule has 0 aliphatic carbocycles. The van der Waals surface area contributed by atoms with Gasteiger partial charge in [-0.3, -0.25) is 4.79 Å². The Kier molecular flexibility index (Phi) is 4.35. The van der Waals surface area contributed by atoms with E-state index in [0.717, 1.165) is 12.0 Å². The van der Waals surface area contributed by atoms with Crippen molar-refractivity contribution in [3.63, 3.8) is 0 Å². The number of carbonyl (C=O) groups excluding carboxylic acids is 1. The molecule has 1 aliphatic rings. The minimum absolute atomic E-state index is 0.116. The van der Waals surface area contributed by atoms with Crippen molar-refractivity contribution in [3.05, 3.63) is 34.1 Å². The Labute approximate surface area is 114 Å². The van der Waals surface area contributed by atoms with Crippen LogP contribution in [-0.2, 0) is 4.79 Å². The van der Waals surface area contributed by atoms with Crippen LogP contribution in [0.2, 0.25) is 0 Å². The van der Waals surface area contributed by atoms with Crippen molar-refractivity contribution in [2.75, 3.05) is 6.54 Å². The molecular weight excluding hydrogens is 299 g/mol. The van der Waals surface area contributed by atoms with Crippen LogP contribution in [0.15, 0.2) is 22.7 Å². The minimum Gasteiger partial charge on any atom is -0.355 e. The molecule has 0 aromatic heterocycles. The third-order valence-electron chi connectivity index (χ3n) is 3.19. The number of rotatable bonds is 3. The Bertz CT molecular complexity index is 443. The summed E-state index contributed by atoms with van der Waals surface area (Å²) in [4.78, 5) is 11.1. The highest BCUT2D eigenvalue weighted by molar-refractivity contribution is 9.10. The molecule has 2 rings (SSSR count). The molecule has 0 bridgehead atoms. The van der Waals surface area contributed by atoms with Gasteiger partial charge in [-0.05, 0) is 47.0 Å². The van der Waals surface area contributed by atoms with Crippen molar-refractivity contribution in [1.82, 2.24) is 10.6 Å². The van der Waals surface area contributed by atoms with E-state index >= 15 is 0 Å². The molecule has 1 amide bonds. The Hall–Kier alpha value is -0.940. The van der Waals surface area contributed by atoms with Crippen LogP contribution in [0, 0.1) is 5.82 Å². The molecule has 2 N–H and O–H groups in total. The van der Waals surface area contributed by atoms with Crippen LogP contribution in [0.5, 0.6) is 0 Å². The number of hydrogen-bond acceptors (Lipinski definition) is 2. The van der Waals surface area contributed by atoms with E-state index < -0.39 is 0 Å². The highest BCUT2D eigenvalue weighted by Gasteiger charge is 2.20. The van der Waals surface area contributed by atoms with Crippen LogP contribution in [0.4, 0.5) is 4.39 Å².